The number of rotatable bonds is 3. The van der Waals surface area contributed by atoms with Crippen LogP contribution in [0.3, 0.4) is 0 Å². The first kappa shape index (κ1) is 11.6. The van der Waals surface area contributed by atoms with Gasteiger partial charge >= 0.3 is 5.97 Å². The van der Waals surface area contributed by atoms with Gasteiger partial charge in [0.05, 0.1) is 6.20 Å². The number of anilines is 1. The fourth-order valence-electron chi connectivity index (χ4n) is 2.01. The fourth-order valence-corrected chi connectivity index (χ4v) is 2.01. The molecule has 2 heterocycles. The Balaban J connectivity index is 2.37. The number of carbonyl (C=O) groups is 2. The van der Waals surface area contributed by atoms with E-state index in [2.05, 4.69) is 5.10 Å². The highest BCUT2D eigenvalue weighted by atomic mass is 16.4. The molecule has 1 aliphatic heterocycles. The van der Waals surface area contributed by atoms with Crippen LogP contribution in [-0.2, 0) is 11.8 Å². The molecule has 92 valence electrons. The highest BCUT2D eigenvalue weighted by molar-refractivity contribution is 6.02. The van der Waals surface area contributed by atoms with Gasteiger partial charge in [-0.1, -0.05) is 0 Å². The maximum absolute atomic E-state index is 11.7. The first-order valence-corrected chi connectivity index (χ1v) is 5.21. The fraction of sp³-hybridized carbons (Fsp3) is 0.500. The van der Waals surface area contributed by atoms with Gasteiger partial charge in [0.25, 0.3) is 0 Å². The first-order chi connectivity index (χ1) is 8.04. The molecule has 2 N–H and O–H groups in total. The lowest BCUT2D eigenvalue weighted by molar-refractivity contribution is -0.117. The Hall–Kier alpha value is -1.89. The van der Waals surface area contributed by atoms with Crippen LogP contribution in [-0.4, -0.2) is 45.0 Å². The Morgan fingerprint density at radius 3 is 2.88 bits per heavy atom. The zero-order valence-corrected chi connectivity index (χ0v) is 9.33. The summed E-state index contributed by atoms with van der Waals surface area (Å²) in [6.45, 7) is 0.248. The molecule has 2 rings (SSSR count). The molecule has 1 aromatic heterocycles. The molecular weight excluding hydrogens is 226 g/mol. The van der Waals surface area contributed by atoms with Crippen molar-refractivity contribution in [3.63, 3.8) is 0 Å². The minimum absolute atomic E-state index is 0.000519. The summed E-state index contributed by atoms with van der Waals surface area (Å²) in [7, 11) is 1.58. The summed E-state index contributed by atoms with van der Waals surface area (Å²) in [5.74, 6) is -1.17. The van der Waals surface area contributed by atoms with Crippen LogP contribution in [0.25, 0.3) is 0 Å². The van der Waals surface area contributed by atoms with Crippen molar-refractivity contribution in [1.82, 2.24) is 9.78 Å². The summed E-state index contributed by atoms with van der Waals surface area (Å²) in [6, 6.07) is 0. The predicted octanol–water partition coefficient (Wildman–Crippen LogP) is -0.537. The van der Waals surface area contributed by atoms with Crippen molar-refractivity contribution in [2.24, 2.45) is 13.0 Å². The lowest BCUT2D eigenvalue weighted by Crippen LogP contribution is -2.28. The van der Waals surface area contributed by atoms with Gasteiger partial charge in [-0.3, -0.25) is 14.4 Å². The van der Waals surface area contributed by atoms with E-state index in [1.807, 2.05) is 0 Å². The highest BCUT2D eigenvalue weighted by Crippen LogP contribution is 2.27. The summed E-state index contributed by atoms with van der Waals surface area (Å²) in [5.41, 5.74) is -0.000519. The summed E-state index contributed by atoms with van der Waals surface area (Å²) in [4.78, 5) is 24.1. The van der Waals surface area contributed by atoms with E-state index in [1.165, 1.54) is 15.8 Å². The van der Waals surface area contributed by atoms with Crippen LogP contribution < -0.4 is 4.90 Å². The van der Waals surface area contributed by atoms with Crippen LogP contribution in [0.4, 0.5) is 5.82 Å². The quantitative estimate of drug-likeness (QED) is 0.738. The molecule has 1 fully saturated rings. The van der Waals surface area contributed by atoms with Gasteiger partial charge in [0.1, 0.15) is 11.4 Å². The zero-order valence-electron chi connectivity index (χ0n) is 9.33. The van der Waals surface area contributed by atoms with Crippen LogP contribution in [0.5, 0.6) is 0 Å². The van der Waals surface area contributed by atoms with E-state index in [1.54, 1.807) is 7.05 Å². The van der Waals surface area contributed by atoms with Crippen molar-refractivity contribution in [1.29, 1.82) is 0 Å². The molecule has 0 aliphatic carbocycles. The maximum Gasteiger partial charge on any atom is 0.341 e. The number of aromatic carboxylic acids is 1. The normalized spacial score (nSPS) is 20.0. The second-order valence-corrected chi connectivity index (χ2v) is 4.07. The molecule has 7 heteroatoms. The Kier molecular flexibility index (Phi) is 2.84. The summed E-state index contributed by atoms with van der Waals surface area (Å²) in [5, 5.41) is 21.9. The summed E-state index contributed by atoms with van der Waals surface area (Å²) < 4.78 is 1.36. The van der Waals surface area contributed by atoms with Gasteiger partial charge in [-0.05, 0) is 0 Å². The van der Waals surface area contributed by atoms with Crippen molar-refractivity contribution in [3.8, 4) is 0 Å². The van der Waals surface area contributed by atoms with Gasteiger partial charge in [0.2, 0.25) is 5.91 Å². The molecule has 0 spiro atoms. The Morgan fingerprint density at radius 2 is 2.35 bits per heavy atom. The van der Waals surface area contributed by atoms with Gasteiger partial charge in [0.15, 0.2) is 0 Å². The van der Waals surface area contributed by atoms with Crippen LogP contribution in [0.15, 0.2) is 6.20 Å². The van der Waals surface area contributed by atoms with E-state index in [0.717, 1.165) is 0 Å². The van der Waals surface area contributed by atoms with Gasteiger partial charge in [-0.2, -0.15) is 5.10 Å². The number of aryl methyl sites for hydroxylation is 1. The number of amides is 1. The number of aliphatic hydroxyl groups excluding tert-OH is 1. The molecule has 1 atom stereocenters. The summed E-state index contributed by atoms with van der Waals surface area (Å²) in [6.07, 6.45) is 1.46. The molecule has 1 saturated heterocycles. The van der Waals surface area contributed by atoms with E-state index in [4.69, 9.17) is 10.2 Å². The van der Waals surface area contributed by atoms with Gasteiger partial charge in [0, 0.05) is 32.5 Å². The first-order valence-electron chi connectivity index (χ1n) is 5.21. The van der Waals surface area contributed by atoms with E-state index in [-0.39, 0.29) is 36.2 Å². The van der Waals surface area contributed by atoms with Crippen LogP contribution in [0, 0.1) is 5.92 Å². The van der Waals surface area contributed by atoms with E-state index in [0.29, 0.717) is 6.54 Å². The Labute approximate surface area is 97.3 Å². The SMILES string of the molecule is Cn1ncc(C(=O)O)c1N1CC(CO)CC1=O. The highest BCUT2D eigenvalue weighted by Gasteiger charge is 2.34. The van der Waals surface area contributed by atoms with Crippen LogP contribution in [0.2, 0.25) is 0 Å². The number of carboxylic acid groups (broad SMARTS) is 1. The molecule has 1 aromatic rings. The molecule has 0 radical (unpaired) electrons. The largest absolute Gasteiger partial charge is 0.477 e. The van der Waals surface area contributed by atoms with E-state index < -0.39 is 5.97 Å². The third-order valence-corrected chi connectivity index (χ3v) is 2.86. The molecule has 7 nitrogen and oxygen atoms in total. The second-order valence-electron chi connectivity index (χ2n) is 4.07. The molecule has 0 saturated carbocycles. The lowest BCUT2D eigenvalue weighted by Gasteiger charge is -2.17. The van der Waals surface area contributed by atoms with Crippen molar-refractivity contribution in [2.75, 3.05) is 18.1 Å². The zero-order chi connectivity index (χ0) is 12.6. The number of nitrogens with zero attached hydrogens (tertiary/aromatic N) is 3. The number of hydrogen-bond acceptors (Lipinski definition) is 4. The number of aliphatic hydroxyl groups is 1. The second kappa shape index (κ2) is 4.17. The minimum Gasteiger partial charge on any atom is -0.477 e. The Morgan fingerprint density at radius 1 is 1.65 bits per heavy atom. The van der Waals surface area contributed by atoms with Gasteiger partial charge < -0.3 is 10.2 Å². The monoisotopic (exact) mass is 239 g/mol. The van der Waals surface area contributed by atoms with Gasteiger partial charge in [-0.15, -0.1) is 0 Å². The van der Waals surface area contributed by atoms with Gasteiger partial charge in [-0.25, -0.2) is 4.79 Å². The van der Waals surface area contributed by atoms with E-state index in [9.17, 15) is 9.59 Å². The van der Waals surface area contributed by atoms with Crippen molar-refractivity contribution >= 4 is 17.7 Å². The lowest BCUT2D eigenvalue weighted by atomic mass is 10.1. The number of carboxylic acids is 1. The molecule has 0 aromatic carbocycles. The Bertz CT molecular complexity index is 468. The smallest absolute Gasteiger partial charge is 0.341 e. The van der Waals surface area contributed by atoms with Crippen molar-refractivity contribution in [2.45, 2.75) is 6.42 Å². The number of hydrogen-bond donors (Lipinski definition) is 2. The number of carbonyl (C=O) groups excluding carboxylic acids is 1. The van der Waals surface area contributed by atoms with Crippen LogP contribution in [0.1, 0.15) is 16.8 Å². The van der Waals surface area contributed by atoms with Crippen molar-refractivity contribution < 1.29 is 19.8 Å². The standard InChI is InChI=1S/C10H13N3O4/c1-12-9(7(3-11-12)10(16)17)13-4-6(5-14)2-8(13)15/h3,6,14H,2,4-5H2,1H3,(H,16,17). The third kappa shape index (κ3) is 1.89. The molecule has 1 amide bonds. The predicted molar refractivity (Wildman–Crippen MR) is 57.7 cm³/mol. The molecule has 1 aliphatic rings. The topological polar surface area (TPSA) is 95.7 Å². The van der Waals surface area contributed by atoms with E-state index >= 15 is 0 Å². The van der Waals surface area contributed by atoms with Crippen LogP contribution >= 0.6 is 0 Å². The molecular formula is C10H13N3O4. The maximum atomic E-state index is 11.7. The van der Waals surface area contributed by atoms with Crippen molar-refractivity contribution in [3.05, 3.63) is 11.8 Å². The average Bonchev–Trinajstić information content (AvgIpc) is 2.81. The summed E-state index contributed by atoms with van der Waals surface area (Å²) >= 11 is 0. The molecule has 17 heavy (non-hydrogen) atoms. The molecule has 0 bridgehead atoms. The molecule has 1 unspecified atom stereocenters. The average molecular weight is 239 g/mol. The number of aromatic nitrogens is 2. The third-order valence-electron chi connectivity index (χ3n) is 2.86. The minimum atomic E-state index is -1.12.